The Bertz CT molecular complexity index is 287. The van der Waals surface area contributed by atoms with Gasteiger partial charge in [0, 0.05) is 6.04 Å². The highest BCUT2D eigenvalue weighted by Gasteiger charge is 2.61. The summed E-state index contributed by atoms with van der Waals surface area (Å²) < 4.78 is 0. The predicted octanol–water partition coefficient (Wildman–Crippen LogP) is 1.31. The second kappa shape index (κ2) is 3.21. The van der Waals surface area contributed by atoms with E-state index in [1.807, 2.05) is 0 Å². The predicted molar refractivity (Wildman–Crippen MR) is 58.2 cm³/mol. The van der Waals surface area contributed by atoms with Crippen LogP contribution < -0.4 is 5.32 Å². The summed E-state index contributed by atoms with van der Waals surface area (Å²) in [5.74, 6) is 0.496. The lowest BCUT2D eigenvalue weighted by atomic mass is 9.69. The maximum Gasteiger partial charge on any atom is 0.245 e. The average Bonchev–Trinajstić information content (AvgIpc) is 2.50. The second-order valence-electron chi connectivity index (χ2n) is 5.89. The number of hydrogen-bond acceptors (Lipinski definition) is 2. The molecule has 2 rings (SSSR count). The van der Waals surface area contributed by atoms with Crippen LogP contribution in [-0.2, 0) is 4.79 Å². The molecule has 86 valence electrons. The third-order valence-corrected chi connectivity index (χ3v) is 5.27. The Morgan fingerprint density at radius 2 is 2.13 bits per heavy atom. The van der Waals surface area contributed by atoms with Crippen LogP contribution in [0.3, 0.4) is 0 Å². The molecule has 0 saturated heterocycles. The fourth-order valence-electron chi connectivity index (χ4n) is 3.66. The van der Waals surface area contributed by atoms with Crippen molar-refractivity contribution < 1.29 is 9.90 Å². The zero-order valence-corrected chi connectivity index (χ0v) is 9.84. The molecule has 2 saturated carbocycles. The van der Waals surface area contributed by atoms with Gasteiger partial charge in [0.1, 0.15) is 6.61 Å². The number of fused-ring (bicyclic) bond motifs is 2. The number of carbonyl (C=O) groups excluding carboxylic acids is 1. The molecule has 0 aromatic rings. The van der Waals surface area contributed by atoms with Gasteiger partial charge < -0.3 is 10.4 Å². The molecule has 0 heterocycles. The van der Waals surface area contributed by atoms with Crippen LogP contribution in [0.15, 0.2) is 0 Å². The number of rotatable bonds is 2. The molecule has 3 heteroatoms. The van der Waals surface area contributed by atoms with E-state index in [9.17, 15) is 4.79 Å². The first kappa shape index (κ1) is 10.9. The normalized spacial score (nSPS) is 41.9. The highest BCUT2D eigenvalue weighted by atomic mass is 16.3. The van der Waals surface area contributed by atoms with Crippen LogP contribution in [-0.4, -0.2) is 23.7 Å². The van der Waals surface area contributed by atoms with Gasteiger partial charge in [-0.15, -0.1) is 0 Å². The van der Waals surface area contributed by atoms with Crippen molar-refractivity contribution in [3.8, 4) is 0 Å². The topological polar surface area (TPSA) is 49.3 Å². The molecule has 2 fully saturated rings. The minimum absolute atomic E-state index is 0.211. The van der Waals surface area contributed by atoms with E-state index in [0.717, 1.165) is 12.3 Å². The van der Waals surface area contributed by atoms with Crippen LogP contribution in [0.1, 0.15) is 40.0 Å². The lowest BCUT2D eigenvalue weighted by Crippen LogP contribution is -2.47. The largest absolute Gasteiger partial charge is 0.387 e. The molecule has 3 nitrogen and oxygen atoms in total. The number of aliphatic hydroxyl groups excluding tert-OH is 1. The number of amides is 1. The van der Waals surface area contributed by atoms with Crippen LogP contribution in [0.2, 0.25) is 0 Å². The summed E-state index contributed by atoms with van der Waals surface area (Å²) in [4.78, 5) is 11.2. The summed E-state index contributed by atoms with van der Waals surface area (Å²) in [6, 6.07) is 0.255. The molecule has 3 atom stereocenters. The summed E-state index contributed by atoms with van der Waals surface area (Å²) in [7, 11) is 0. The summed E-state index contributed by atoms with van der Waals surface area (Å²) in [6.07, 6.45) is 3.56. The van der Waals surface area contributed by atoms with Gasteiger partial charge in [-0.2, -0.15) is 0 Å². The van der Waals surface area contributed by atoms with Gasteiger partial charge in [-0.3, -0.25) is 4.79 Å². The van der Waals surface area contributed by atoms with Crippen molar-refractivity contribution in [1.29, 1.82) is 0 Å². The van der Waals surface area contributed by atoms with Crippen LogP contribution in [0.4, 0.5) is 0 Å². The van der Waals surface area contributed by atoms with Crippen molar-refractivity contribution in [3.63, 3.8) is 0 Å². The Morgan fingerprint density at radius 3 is 2.53 bits per heavy atom. The van der Waals surface area contributed by atoms with Gasteiger partial charge in [0.15, 0.2) is 0 Å². The van der Waals surface area contributed by atoms with E-state index in [0.29, 0.717) is 5.41 Å². The molecule has 0 aromatic carbocycles. The fraction of sp³-hybridized carbons (Fsp3) is 0.917. The molecule has 0 spiro atoms. The molecule has 15 heavy (non-hydrogen) atoms. The fourth-order valence-corrected chi connectivity index (χ4v) is 3.66. The molecule has 2 bridgehead atoms. The van der Waals surface area contributed by atoms with E-state index < -0.39 is 6.61 Å². The molecule has 2 aliphatic rings. The molecule has 2 N–H and O–H groups in total. The first-order chi connectivity index (χ1) is 6.91. The van der Waals surface area contributed by atoms with Crippen LogP contribution in [0.5, 0.6) is 0 Å². The van der Waals surface area contributed by atoms with Gasteiger partial charge in [0.2, 0.25) is 5.91 Å². The maximum atomic E-state index is 11.2. The monoisotopic (exact) mass is 211 g/mol. The van der Waals surface area contributed by atoms with Crippen LogP contribution in [0.25, 0.3) is 0 Å². The highest BCUT2D eigenvalue weighted by molar-refractivity contribution is 5.77. The molecule has 0 aliphatic heterocycles. The van der Waals surface area contributed by atoms with E-state index in [4.69, 9.17) is 5.11 Å². The number of nitrogens with one attached hydrogen (secondary N) is 1. The van der Waals surface area contributed by atoms with E-state index in [1.165, 1.54) is 12.8 Å². The van der Waals surface area contributed by atoms with E-state index in [2.05, 4.69) is 26.1 Å². The molecular weight excluding hydrogens is 190 g/mol. The molecular formula is C12H21NO2. The van der Waals surface area contributed by atoms with Crippen molar-refractivity contribution in [1.82, 2.24) is 5.32 Å². The standard InChI is InChI=1S/C12H21NO2/c1-11(2)8-4-5-12(11,3)9(6-8)13-10(15)7-14/h8-9,14H,4-7H2,1-3H3,(H,13,15). The molecule has 0 radical (unpaired) electrons. The Morgan fingerprint density at radius 1 is 1.47 bits per heavy atom. The first-order valence-corrected chi connectivity index (χ1v) is 5.82. The molecule has 0 aromatic heterocycles. The smallest absolute Gasteiger partial charge is 0.245 e. The van der Waals surface area contributed by atoms with Crippen molar-refractivity contribution >= 4 is 5.91 Å². The second-order valence-corrected chi connectivity index (χ2v) is 5.89. The van der Waals surface area contributed by atoms with Gasteiger partial charge in [0.05, 0.1) is 0 Å². The Labute approximate surface area is 91.2 Å². The SMILES string of the molecule is CC1(C)C2CCC1(C)C(NC(=O)CO)C2. The van der Waals surface area contributed by atoms with E-state index in [-0.39, 0.29) is 17.4 Å². The summed E-state index contributed by atoms with van der Waals surface area (Å²) in [6.45, 7) is 6.52. The Kier molecular flexibility index (Phi) is 2.34. The Balaban J connectivity index is 2.15. The van der Waals surface area contributed by atoms with Gasteiger partial charge in [-0.05, 0) is 36.0 Å². The lowest BCUT2D eigenvalue weighted by molar-refractivity contribution is -0.125. The lowest BCUT2D eigenvalue weighted by Gasteiger charge is -2.39. The third-order valence-electron chi connectivity index (χ3n) is 5.27. The molecule has 2 aliphatic carbocycles. The zero-order valence-electron chi connectivity index (χ0n) is 9.84. The van der Waals surface area contributed by atoms with Crippen LogP contribution >= 0.6 is 0 Å². The first-order valence-electron chi connectivity index (χ1n) is 5.82. The van der Waals surface area contributed by atoms with Crippen molar-refractivity contribution in [3.05, 3.63) is 0 Å². The maximum absolute atomic E-state index is 11.2. The Hall–Kier alpha value is -0.570. The average molecular weight is 211 g/mol. The molecule has 3 unspecified atom stereocenters. The third kappa shape index (κ3) is 1.32. The van der Waals surface area contributed by atoms with Crippen LogP contribution in [0, 0.1) is 16.7 Å². The van der Waals surface area contributed by atoms with Crippen molar-refractivity contribution in [2.75, 3.05) is 6.61 Å². The minimum atomic E-state index is -0.391. The molecule has 1 amide bonds. The summed E-state index contributed by atoms with van der Waals surface area (Å²) >= 11 is 0. The van der Waals surface area contributed by atoms with Gasteiger partial charge >= 0.3 is 0 Å². The van der Waals surface area contributed by atoms with Gasteiger partial charge in [0.25, 0.3) is 0 Å². The van der Waals surface area contributed by atoms with Gasteiger partial charge in [-0.1, -0.05) is 20.8 Å². The highest BCUT2D eigenvalue weighted by Crippen LogP contribution is 2.65. The number of hydrogen-bond donors (Lipinski definition) is 2. The minimum Gasteiger partial charge on any atom is -0.387 e. The van der Waals surface area contributed by atoms with E-state index >= 15 is 0 Å². The van der Waals surface area contributed by atoms with Crippen molar-refractivity contribution in [2.45, 2.75) is 46.1 Å². The number of carbonyl (C=O) groups is 1. The summed E-state index contributed by atoms with van der Waals surface area (Å²) in [5, 5.41) is 11.7. The van der Waals surface area contributed by atoms with Crippen molar-refractivity contribution in [2.24, 2.45) is 16.7 Å². The number of aliphatic hydroxyl groups is 1. The van der Waals surface area contributed by atoms with E-state index in [1.54, 1.807) is 0 Å². The van der Waals surface area contributed by atoms with Gasteiger partial charge in [-0.25, -0.2) is 0 Å². The quantitative estimate of drug-likeness (QED) is 0.723. The summed E-state index contributed by atoms with van der Waals surface area (Å²) in [5.41, 5.74) is 0.531. The zero-order chi connectivity index (χ0) is 11.3.